The SMILES string of the molecule is CCOC(=O)c1c(NC(=O)C(=O)NN=Cc2ccc(OC)c(OC)c2OC)sc2c1CCCC2. The van der Waals surface area contributed by atoms with Crippen LogP contribution in [0.1, 0.15) is 46.1 Å². The molecule has 0 radical (unpaired) electrons. The predicted octanol–water partition coefficient (Wildman–Crippen LogP) is 2.92. The average molecular weight is 490 g/mol. The van der Waals surface area contributed by atoms with Crippen LogP contribution in [0.5, 0.6) is 17.2 Å². The van der Waals surface area contributed by atoms with Crippen LogP contribution in [0.3, 0.4) is 0 Å². The normalized spacial score (nSPS) is 12.6. The summed E-state index contributed by atoms with van der Waals surface area (Å²) in [6, 6.07) is 3.32. The number of amides is 2. The molecule has 3 rings (SSSR count). The third-order valence-corrected chi connectivity index (χ3v) is 6.40. The molecule has 1 aromatic heterocycles. The first-order chi connectivity index (χ1) is 16.4. The lowest BCUT2D eigenvalue weighted by Gasteiger charge is -2.13. The Labute approximate surface area is 201 Å². The quantitative estimate of drug-likeness (QED) is 0.253. The van der Waals surface area contributed by atoms with Crippen molar-refractivity contribution < 1.29 is 33.3 Å². The summed E-state index contributed by atoms with van der Waals surface area (Å²) in [6.07, 6.45) is 4.85. The van der Waals surface area contributed by atoms with Gasteiger partial charge in [0.1, 0.15) is 5.00 Å². The Morgan fingerprint density at radius 2 is 1.76 bits per heavy atom. The molecule has 1 aliphatic carbocycles. The zero-order valence-corrected chi connectivity index (χ0v) is 20.3. The van der Waals surface area contributed by atoms with Crippen LogP contribution in [0, 0.1) is 0 Å². The zero-order chi connectivity index (χ0) is 24.7. The van der Waals surface area contributed by atoms with E-state index >= 15 is 0 Å². The van der Waals surface area contributed by atoms with Crippen molar-refractivity contribution in [3.05, 3.63) is 33.7 Å². The van der Waals surface area contributed by atoms with Crippen molar-refractivity contribution in [1.29, 1.82) is 0 Å². The number of fused-ring (bicyclic) bond motifs is 1. The molecule has 0 bridgehead atoms. The Hall–Kier alpha value is -3.60. The summed E-state index contributed by atoms with van der Waals surface area (Å²) in [4.78, 5) is 38.4. The van der Waals surface area contributed by atoms with E-state index in [-0.39, 0.29) is 6.61 Å². The highest BCUT2D eigenvalue weighted by molar-refractivity contribution is 7.17. The zero-order valence-electron chi connectivity index (χ0n) is 19.5. The second kappa shape index (κ2) is 11.5. The molecule has 34 heavy (non-hydrogen) atoms. The Morgan fingerprint density at radius 1 is 1.03 bits per heavy atom. The maximum Gasteiger partial charge on any atom is 0.341 e. The van der Waals surface area contributed by atoms with Gasteiger partial charge in [-0.1, -0.05) is 0 Å². The Morgan fingerprint density at radius 3 is 2.44 bits per heavy atom. The van der Waals surface area contributed by atoms with Crippen LogP contribution < -0.4 is 25.0 Å². The number of carbonyl (C=O) groups is 3. The topological polar surface area (TPSA) is 125 Å². The van der Waals surface area contributed by atoms with Crippen LogP contribution in [-0.4, -0.2) is 51.9 Å². The van der Waals surface area contributed by atoms with Crippen LogP contribution in [0.4, 0.5) is 5.00 Å². The van der Waals surface area contributed by atoms with Gasteiger partial charge >= 0.3 is 17.8 Å². The molecule has 2 aromatic rings. The Balaban J connectivity index is 1.73. The summed E-state index contributed by atoms with van der Waals surface area (Å²) in [6.45, 7) is 1.93. The maximum atomic E-state index is 12.5. The predicted molar refractivity (Wildman–Crippen MR) is 127 cm³/mol. The lowest BCUT2D eigenvalue weighted by molar-refractivity contribution is -0.136. The number of nitrogens with zero attached hydrogens (tertiary/aromatic N) is 1. The first-order valence-corrected chi connectivity index (χ1v) is 11.5. The van der Waals surface area contributed by atoms with Gasteiger partial charge in [0.05, 0.1) is 39.7 Å². The van der Waals surface area contributed by atoms with E-state index in [4.69, 9.17) is 18.9 Å². The molecule has 1 aromatic carbocycles. The number of methoxy groups -OCH3 is 3. The van der Waals surface area contributed by atoms with Gasteiger partial charge in [0.2, 0.25) is 5.75 Å². The standard InChI is InChI=1S/C23H27N3O7S/c1-5-33-23(29)17-14-8-6-7-9-16(14)34-22(17)25-20(27)21(28)26-24-12-13-10-11-15(30-2)19(32-4)18(13)31-3/h10-12H,5-9H2,1-4H3,(H,25,27)(H,26,28). The summed E-state index contributed by atoms with van der Waals surface area (Å²) >= 11 is 1.30. The number of hydrogen-bond acceptors (Lipinski definition) is 9. The van der Waals surface area contributed by atoms with Gasteiger partial charge in [-0.05, 0) is 50.3 Å². The lowest BCUT2D eigenvalue weighted by atomic mass is 9.95. The van der Waals surface area contributed by atoms with Gasteiger partial charge in [-0.25, -0.2) is 10.2 Å². The highest BCUT2D eigenvalue weighted by atomic mass is 32.1. The molecule has 11 heteroatoms. The highest BCUT2D eigenvalue weighted by Crippen LogP contribution is 2.39. The molecule has 182 valence electrons. The van der Waals surface area contributed by atoms with Gasteiger partial charge in [0, 0.05) is 10.4 Å². The molecule has 0 aliphatic heterocycles. The van der Waals surface area contributed by atoms with Crippen molar-refractivity contribution >= 4 is 40.3 Å². The number of hydrogen-bond donors (Lipinski definition) is 2. The van der Waals surface area contributed by atoms with Crippen LogP contribution in [0.15, 0.2) is 17.2 Å². The van der Waals surface area contributed by atoms with E-state index in [1.54, 1.807) is 19.1 Å². The van der Waals surface area contributed by atoms with Crippen molar-refractivity contribution in [2.75, 3.05) is 33.3 Å². The molecular weight excluding hydrogens is 462 g/mol. The fourth-order valence-electron chi connectivity index (χ4n) is 3.67. The number of thiophene rings is 1. The van der Waals surface area contributed by atoms with E-state index in [0.717, 1.165) is 36.1 Å². The minimum absolute atomic E-state index is 0.214. The van der Waals surface area contributed by atoms with Crippen molar-refractivity contribution in [2.45, 2.75) is 32.6 Å². The number of anilines is 1. The van der Waals surface area contributed by atoms with Gasteiger partial charge in [-0.3, -0.25) is 9.59 Å². The van der Waals surface area contributed by atoms with E-state index in [2.05, 4.69) is 15.8 Å². The van der Waals surface area contributed by atoms with Gasteiger partial charge in [-0.2, -0.15) is 5.10 Å². The minimum Gasteiger partial charge on any atom is -0.493 e. The van der Waals surface area contributed by atoms with Crippen LogP contribution >= 0.6 is 11.3 Å². The third kappa shape index (κ3) is 5.30. The van der Waals surface area contributed by atoms with E-state index in [0.29, 0.717) is 33.4 Å². The number of nitrogens with one attached hydrogen (secondary N) is 2. The molecule has 0 atom stereocenters. The Bertz CT molecular complexity index is 1110. The van der Waals surface area contributed by atoms with E-state index in [1.165, 1.54) is 38.9 Å². The van der Waals surface area contributed by atoms with Gasteiger partial charge in [0.15, 0.2) is 11.5 Å². The molecule has 0 unspecified atom stereocenters. The summed E-state index contributed by atoms with van der Waals surface area (Å²) < 4.78 is 21.1. The summed E-state index contributed by atoms with van der Waals surface area (Å²) in [5.74, 6) is -1.25. The Kier molecular flexibility index (Phi) is 8.47. The second-order valence-corrected chi connectivity index (χ2v) is 8.32. The largest absolute Gasteiger partial charge is 0.493 e. The first-order valence-electron chi connectivity index (χ1n) is 10.7. The van der Waals surface area contributed by atoms with Gasteiger partial charge < -0.3 is 24.3 Å². The average Bonchev–Trinajstić information content (AvgIpc) is 3.21. The molecule has 1 heterocycles. The van der Waals surface area contributed by atoms with E-state index in [1.807, 2.05) is 0 Å². The van der Waals surface area contributed by atoms with Gasteiger partial charge in [0.25, 0.3) is 0 Å². The fraction of sp³-hybridized carbons (Fsp3) is 0.391. The third-order valence-electron chi connectivity index (χ3n) is 5.19. The smallest absolute Gasteiger partial charge is 0.341 e. The molecular formula is C23H27N3O7S. The molecule has 10 nitrogen and oxygen atoms in total. The number of rotatable bonds is 8. The second-order valence-electron chi connectivity index (χ2n) is 7.21. The highest BCUT2D eigenvalue weighted by Gasteiger charge is 2.28. The fourth-order valence-corrected chi connectivity index (χ4v) is 4.94. The lowest BCUT2D eigenvalue weighted by Crippen LogP contribution is -2.32. The molecule has 0 saturated heterocycles. The minimum atomic E-state index is -0.989. The molecule has 0 spiro atoms. The van der Waals surface area contributed by atoms with Crippen LogP contribution in [0.25, 0.3) is 0 Å². The van der Waals surface area contributed by atoms with E-state index < -0.39 is 17.8 Å². The number of aryl methyl sites for hydroxylation is 1. The van der Waals surface area contributed by atoms with Crippen molar-refractivity contribution in [2.24, 2.45) is 5.10 Å². The number of carbonyl (C=O) groups excluding carboxylic acids is 3. The monoisotopic (exact) mass is 489 g/mol. The summed E-state index contributed by atoms with van der Waals surface area (Å²) in [7, 11) is 4.43. The summed E-state index contributed by atoms with van der Waals surface area (Å²) in [5.41, 5.74) is 3.91. The summed E-state index contributed by atoms with van der Waals surface area (Å²) in [5, 5.41) is 6.70. The van der Waals surface area contributed by atoms with E-state index in [9.17, 15) is 14.4 Å². The molecule has 1 aliphatic rings. The molecule has 0 saturated carbocycles. The number of esters is 1. The first kappa shape index (κ1) is 25.0. The molecule has 0 fully saturated rings. The van der Waals surface area contributed by atoms with Crippen molar-refractivity contribution in [3.63, 3.8) is 0 Å². The number of benzene rings is 1. The number of ether oxygens (including phenoxy) is 4. The molecule has 2 N–H and O–H groups in total. The van der Waals surface area contributed by atoms with Crippen LogP contribution in [-0.2, 0) is 27.2 Å². The number of hydrazone groups is 1. The molecule has 2 amide bonds. The maximum absolute atomic E-state index is 12.5. The van der Waals surface area contributed by atoms with Crippen LogP contribution in [0.2, 0.25) is 0 Å². The van der Waals surface area contributed by atoms with Crippen molar-refractivity contribution in [1.82, 2.24) is 5.43 Å². The van der Waals surface area contributed by atoms with Crippen molar-refractivity contribution in [3.8, 4) is 17.2 Å². The van der Waals surface area contributed by atoms with Gasteiger partial charge in [-0.15, -0.1) is 11.3 Å².